The molecule has 1 unspecified atom stereocenters. The minimum atomic E-state index is -4.68. The molecule has 124 valence electrons. The first-order chi connectivity index (χ1) is 9.86. The van der Waals surface area contributed by atoms with Crippen molar-refractivity contribution in [2.75, 3.05) is 19.6 Å². The predicted octanol–water partition coefficient (Wildman–Crippen LogP) is 3.00. The first-order valence-corrected chi connectivity index (χ1v) is 6.73. The Bertz CT molecular complexity index is 516. The van der Waals surface area contributed by atoms with Crippen LogP contribution in [0.3, 0.4) is 0 Å². The van der Waals surface area contributed by atoms with Gasteiger partial charge in [0.2, 0.25) is 0 Å². The zero-order valence-corrected chi connectivity index (χ0v) is 12.5. The summed E-state index contributed by atoms with van der Waals surface area (Å²) < 4.78 is 51.0. The zero-order valence-electron chi connectivity index (χ0n) is 11.7. The fourth-order valence-corrected chi connectivity index (χ4v) is 2.32. The molecule has 2 rings (SSSR count). The second-order valence-corrected chi connectivity index (χ2v) is 5.15. The van der Waals surface area contributed by atoms with Crippen molar-refractivity contribution in [3.63, 3.8) is 0 Å². The third-order valence-electron chi connectivity index (χ3n) is 3.44. The van der Waals surface area contributed by atoms with E-state index in [2.05, 4.69) is 10.6 Å². The SMILES string of the molecule is Cl.O=C(NCC1CCCNC1)c1cc(F)cc(C(F)(F)F)c1. The van der Waals surface area contributed by atoms with Gasteiger partial charge >= 0.3 is 6.18 Å². The van der Waals surface area contributed by atoms with Gasteiger partial charge in [0.05, 0.1) is 5.56 Å². The van der Waals surface area contributed by atoms with Gasteiger partial charge in [-0.2, -0.15) is 13.2 Å². The van der Waals surface area contributed by atoms with E-state index < -0.39 is 23.5 Å². The van der Waals surface area contributed by atoms with E-state index in [0.717, 1.165) is 32.0 Å². The standard InChI is InChI=1S/C14H16F4N2O.ClH/c15-12-5-10(4-11(6-12)14(16,17)18)13(21)20-8-9-2-1-3-19-7-9;/h4-6,9,19H,1-3,7-8H2,(H,20,21);1H. The van der Waals surface area contributed by atoms with Crippen molar-refractivity contribution in [1.82, 2.24) is 10.6 Å². The number of hydrogen-bond acceptors (Lipinski definition) is 2. The highest BCUT2D eigenvalue weighted by Gasteiger charge is 2.32. The topological polar surface area (TPSA) is 41.1 Å². The smallest absolute Gasteiger partial charge is 0.352 e. The van der Waals surface area contributed by atoms with E-state index in [-0.39, 0.29) is 23.9 Å². The molecule has 1 amide bonds. The molecule has 0 saturated carbocycles. The Morgan fingerprint density at radius 1 is 1.32 bits per heavy atom. The molecule has 1 aromatic rings. The summed E-state index contributed by atoms with van der Waals surface area (Å²) in [7, 11) is 0. The van der Waals surface area contributed by atoms with Crippen molar-refractivity contribution >= 4 is 18.3 Å². The van der Waals surface area contributed by atoms with Crippen LogP contribution < -0.4 is 10.6 Å². The van der Waals surface area contributed by atoms with E-state index in [1.807, 2.05) is 0 Å². The summed E-state index contributed by atoms with van der Waals surface area (Å²) in [6, 6.07) is 1.85. The molecule has 1 aliphatic heterocycles. The van der Waals surface area contributed by atoms with Gasteiger partial charge in [-0.05, 0) is 50.0 Å². The maximum absolute atomic E-state index is 13.2. The molecule has 0 spiro atoms. The van der Waals surface area contributed by atoms with Crippen molar-refractivity contribution in [2.24, 2.45) is 5.92 Å². The van der Waals surface area contributed by atoms with Crippen molar-refractivity contribution in [1.29, 1.82) is 0 Å². The van der Waals surface area contributed by atoms with Gasteiger partial charge in [0, 0.05) is 12.1 Å². The minimum Gasteiger partial charge on any atom is -0.352 e. The highest BCUT2D eigenvalue weighted by molar-refractivity contribution is 5.94. The number of piperidine rings is 1. The van der Waals surface area contributed by atoms with Crippen LogP contribution in [0.15, 0.2) is 18.2 Å². The minimum absolute atomic E-state index is 0. The number of halogens is 5. The van der Waals surface area contributed by atoms with Gasteiger partial charge in [-0.25, -0.2) is 4.39 Å². The monoisotopic (exact) mass is 340 g/mol. The average molecular weight is 341 g/mol. The molecule has 1 saturated heterocycles. The van der Waals surface area contributed by atoms with Crippen molar-refractivity contribution in [3.8, 4) is 0 Å². The summed E-state index contributed by atoms with van der Waals surface area (Å²) in [5.74, 6) is -1.52. The Morgan fingerprint density at radius 3 is 2.64 bits per heavy atom. The van der Waals surface area contributed by atoms with E-state index in [1.54, 1.807) is 0 Å². The molecule has 1 fully saturated rings. The number of carbonyl (C=O) groups excluding carboxylic acids is 1. The predicted molar refractivity (Wildman–Crippen MR) is 76.6 cm³/mol. The van der Waals surface area contributed by atoms with Gasteiger partial charge in [0.1, 0.15) is 5.82 Å². The van der Waals surface area contributed by atoms with Crippen LogP contribution in [0.1, 0.15) is 28.8 Å². The molecule has 1 aromatic carbocycles. The lowest BCUT2D eigenvalue weighted by Crippen LogP contribution is -2.38. The molecular formula is C14H17ClF4N2O. The number of carbonyl (C=O) groups is 1. The lowest BCUT2D eigenvalue weighted by Gasteiger charge is -2.22. The summed E-state index contributed by atoms with van der Waals surface area (Å²) >= 11 is 0. The zero-order chi connectivity index (χ0) is 15.5. The van der Waals surface area contributed by atoms with Crippen molar-refractivity contribution in [2.45, 2.75) is 19.0 Å². The molecule has 22 heavy (non-hydrogen) atoms. The molecule has 3 nitrogen and oxygen atoms in total. The molecule has 8 heteroatoms. The molecule has 0 bridgehead atoms. The average Bonchev–Trinajstić information content (AvgIpc) is 2.44. The normalized spacial score (nSPS) is 18.5. The van der Waals surface area contributed by atoms with Crippen molar-refractivity contribution < 1.29 is 22.4 Å². The second-order valence-electron chi connectivity index (χ2n) is 5.15. The van der Waals surface area contributed by atoms with Crippen LogP contribution in [0, 0.1) is 11.7 Å². The summed E-state index contributed by atoms with van der Waals surface area (Å²) in [6.45, 7) is 2.06. The maximum atomic E-state index is 13.2. The highest BCUT2D eigenvalue weighted by atomic mass is 35.5. The van der Waals surface area contributed by atoms with Gasteiger partial charge in [0.15, 0.2) is 0 Å². The van der Waals surface area contributed by atoms with E-state index in [9.17, 15) is 22.4 Å². The van der Waals surface area contributed by atoms with Gasteiger partial charge in [-0.15, -0.1) is 12.4 Å². The molecule has 1 heterocycles. The van der Waals surface area contributed by atoms with Crippen LogP contribution in [0.5, 0.6) is 0 Å². The van der Waals surface area contributed by atoms with Crippen LogP contribution in [0.4, 0.5) is 17.6 Å². The van der Waals surface area contributed by atoms with Crippen LogP contribution in [-0.4, -0.2) is 25.5 Å². The second kappa shape index (κ2) is 7.78. The van der Waals surface area contributed by atoms with Crippen LogP contribution in [0.25, 0.3) is 0 Å². The molecule has 0 radical (unpaired) electrons. The van der Waals surface area contributed by atoms with Crippen LogP contribution in [0.2, 0.25) is 0 Å². The third kappa shape index (κ3) is 5.14. The van der Waals surface area contributed by atoms with E-state index >= 15 is 0 Å². The Kier molecular flexibility index (Phi) is 6.62. The maximum Gasteiger partial charge on any atom is 0.416 e. The van der Waals surface area contributed by atoms with Crippen molar-refractivity contribution in [3.05, 3.63) is 35.1 Å². The lowest BCUT2D eigenvalue weighted by molar-refractivity contribution is -0.137. The van der Waals surface area contributed by atoms with E-state index in [4.69, 9.17) is 0 Å². The highest BCUT2D eigenvalue weighted by Crippen LogP contribution is 2.30. The molecule has 1 atom stereocenters. The lowest BCUT2D eigenvalue weighted by atomic mass is 9.99. The number of hydrogen-bond donors (Lipinski definition) is 2. The molecular weight excluding hydrogens is 324 g/mol. The number of rotatable bonds is 3. The Balaban J connectivity index is 0.00000242. The summed E-state index contributed by atoms with van der Waals surface area (Å²) in [4.78, 5) is 11.9. The van der Waals surface area contributed by atoms with E-state index in [0.29, 0.717) is 18.7 Å². The van der Waals surface area contributed by atoms with E-state index in [1.165, 1.54) is 0 Å². The summed E-state index contributed by atoms with van der Waals surface area (Å²) in [6.07, 6.45) is -2.73. The molecule has 1 aliphatic rings. The molecule has 0 aromatic heterocycles. The fraction of sp³-hybridized carbons (Fsp3) is 0.500. The van der Waals surface area contributed by atoms with Gasteiger partial charge in [-0.3, -0.25) is 4.79 Å². The quantitative estimate of drug-likeness (QED) is 0.831. The first-order valence-electron chi connectivity index (χ1n) is 6.73. The Labute approximate surface area is 131 Å². The Hall–Kier alpha value is -1.34. The summed E-state index contributed by atoms with van der Waals surface area (Å²) in [5.41, 5.74) is -1.47. The number of benzene rings is 1. The number of nitrogens with one attached hydrogen (secondary N) is 2. The third-order valence-corrected chi connectivity index (χ3v) is 3.44. The van der Waals surface area contributed by atoms with Crippen LogP contribution >= 0.6 is 12.4 Å². The Morgan fingerprint density at radius 2 is 2.05 bits per heavy atom. The number of amides is 1. The fourth-order valence-electron chi connectivity index (χ4n) is 2.32. The largest absolute Gasteiger partial charge is 0.416 e. The summed E-state index contributed by atoms with van der Waals surface area (Å²) in [5, 5.41) is 5.74. The first kappa shape index (κ1) is 18.7. The molecule has 2 N–H and O–H groups in total. The van der Waals surface area contributed by atoms with Gasteiger partial charge in [-0.1, -0.05) is 0 Å². The molecule has 0 aliphatic carbocycles. The van der Waals surface area contributed by atoms with Gasteiger partial charge in [0.25, 0.3) is 5.91 Å². The number of alkyl halides is 3. The van der Waals surface area contributed by atoms with Gasteiger partial charge < -0.3 is 10.6 Å². The van der Waals surface area contributed by atoms with Crippen LogP contribution in [-0.2, 0) is 6.18 Å².